The highest BCUT2D eigenvalue weighted by molar-refractivity contribution is 5.83. The first-order valence-corrected chi connectivity index (χ1v) is 12.9. The van der Waals surface area contributed by atoms with E-state index in [0.29, 0.717) is 39.1 Å². The molecule has 0 radical (unpaired) electrons. The van der Waals surface area contributed by atoms with Crippen molar-refractivity contribution in [1.82, 2.24) is 10.2 Å². The van der Waals surface area contributed by atoms with Crippen molar-refractivity contribution in [3.63, 3.8) is 0 Å². The molecular weight excluding hydrogens is 452 g/mol. The van der Waals surface area contributed by atoms with Crippen LogP contribution in [0.5, 0.6) is 5.75 Å². The average Bonchev–Trinajstić information content (AvgIpc) is 3.30. The number of rotatable bonds is 10. The fourth-order valence-corrected chi connectivity index (χ4v) is 5.51. The number of carbonyl (C=O) groups is 2. The molecule has 36 heavy (non-hydrogen) atoms. The SMILES string of the molecule is N#CC1(NC(=O)CCC2(C(N)=O)CCCCC2)CCN(Cc2cccc(OCc3ccccc3)c2)C1. The highest BCUT2D eigenvalue weighted by Crippen LogP contribution is 2.40. The second-order valence-corrected chi connectivity index (χ2v) is 10.3. The van der Waals surface area contributed by atoms with Crippen molar-refractivity contribution in [3.8, 4) is 11.8 Å². The Morgan fingerprint density at radius 2 is 1.78 bits per heavy atom. The zero-order valence-electron chi connectivity index (χ0n) is 20.9. The zero-order valence-corrected chi connectivity index (χ0v) is 20.9. The molecule has 0 aromatic heterocycles. The third-order valence-corrected chi connectivity index (χ3v) is 7.66. The van der Waals surface area contributed by atoms with E-state index in [1.54, 1.807) is 0 Å². The minimum atomic E-state index is -0.912. The second kappa shape index (κ2) is 11.6. The standard InChI is InChI=1S/C29H36N4O3/c30-21-29(32-26(34)12-15-28(27(31)35)13-5-2-6-14-28)16-17-33(22-29)19-24-10-7-11-25(18-24)36-20-23-8-3-1-4-9-23/h1,3-4,7-11,18H,2,5-6,12-17,19-20,22H2,(H2,31,35)(H,32,34). The molecule has 1 aliphatic heterocycles. The van der Waals surface area contributed by atoms with E-state index in [0.717, 1.165) is 49.0 Å². The number of carbonyl (C=O) groups excluding carboxylic acids is 2. The lowest BCUT2D eigenvalue weighted by atomic mass is 9.70. The molecule has 7 nitrogen and oxygen atoms in total. The Hall–Kier alpha value is -3.37. The molecule has 1 saturated carbocycles. The molecule has 7 heteroatoms. The summed E-state index contributed by atoms with van der Waals surface area (Å²) < 4.78 is 5.95. The molecule has 3 N–H and O–H groups in total. The highest BCUT2D eigenvalue weighted by atomic mass is 16.5. The van der Waals surface area contributed by atoms with Crippen molar-refractivity contribution in [1.29, 1.82) is 5.26 Å². The first-order chi connectivity index (χ1) is 17.4. The number of hydrogen-bond acceptors (Lipinski definition) is 5. The van der Waals surface area contributed by atoms with Gasteiger partial charge in [-0.15, -0.1) is 0 Å². The molecule has 4 rings (SSSR count). The number of nitrogens with one attached hydrogen (secondary N) is 1. The van der Waals surface area contributed by atoms with E-state index in [1.165, 1.54) is 0 Å². The number of amides is 2. The molecule has 2 amide bonds. The summed E-state index contributed by atoms with van der Waals surface area (Å²) in [5.74, 6) is 0.328. The van der Waals surface area contributed by atoms with Crippen LogP contribution in [0.1, 0.15) is 62.5 Å². The normalized spacial score (nSPS) is 21.4. The summed E-state index contributed by atoms with van der Waals surface area (Å²) in [5.41, 5.74) is 6.44. The second-order valence-electron chi connectivity index (χ2n) is 10.3. The number of nitrogens with zero attached hydrogens (tertiary/aromatic N) is 2. The summed E-state index contributed by atoms with van der Waals surface area (Å²) in [4.78, 5) is 27.1. The van der Waals surface area contributed by atoms with Crippen molar-refractivity contribution in [2.75, 3.05) is 13.1 Å². The lowest BCUT2D eigenvalue weighted by Gasteiger charge is -2.34. The van der Waals surface area contributed by atoms with E-state index >= 15 is 0 Å². The van der Waals surface area contributed by atoms with E-state index in [4.69, 9.17) is 10.5 Å². The molecule has 1 saturated heterocycles. The van der Waals surface area contributed by atoms with Gasteiger partial charge in [0.05, 0.1) is 6.07 Å². The molecule has 2 aliphatic rings. The van der Waals surface area contributed by atoms with Crippen LogP contribution in [0.15, 0.2) is 54.6 Å². The molecule has 1 aliphatic carbocycles. The predicted octanol–water partition coefficient (Wildman–Crippen LogP) is 4.07. The molecule has 1 heterocycles. The van der Waals surface area contributed by atoms with Gasteiger partial charge < -0.3 is 15.8 Å². The lowest BCUT2D eigenvalue weighted by Crippen LogP contribution is -2.50. The van der Waals surface area contributed by atoms with Gasteiger partial charge in [-0.1, -0.05) is 61.7 Å². The molecule has 1 atom stereocenters. The van der Waals surface area contributed by atoms with Crippen LogP contribution in [0.3, 0.4) is 0 Å². The van der Waals surface area contributed by atoms with Crippen LogP contribution >= 0.6 is 0 Å². The molecule has 0 spiro atoms. The number of ether oxygens (including phenoxy) is 1. The Labute approximate surface area is 213 Å². The van der Waals surface area contributed by atoms with E-state index < -0.39 is 11.0 Å². The van der Waals surface area contributed by atoms with Gasteiger partial charge in [-0.05, 0) is 48.9 Å². The third kappa shape index (κ3) is 6.44. The van der Waals surface area contributed by atoms with E-state index in [-0.39, 0.29) is 18.2 Å². The fraction of sp³-hybridized carbons (Fsp3) is 0.483. The van der Waals surface area contributed by atoms with E-state index in [2.05, 4.69) is 16.3 Å². The summed E-state index contributed by atoms with van der Waals surface area (Å²) in [6.45, 7) is 2.36. The topological polar surface area (TPSA) is 108 Å². The summed E-state index contributed by atoms with van der Waals surface area (Å²) in [7, 11) is 0. The number of hydrogen-bond donors (Lipinski definition) is 2. The average molecular weight is 489 g/mol. The molecule has 190 valence electrons. The maximum absolute atomic E-state index is 12.8. The molecule has 1 unspecified atom stereocenters. The number of likely N-dealkylation sites (tertiary alicyclic amines) is 1. The van der Waals surface area contributed by atoms with Crippen molar-refractivity contribution in [2.24, 2.45) is 11.1 Å². The van der Waals surface area contributed by atoms with Gasteiger partial charge in [0, 0.05) is 31.5 Å². The summed E-state index contributed by atoms with van der Waals surface area (Å²) in [6.07, 6.45) is 5.79. The van der Waals surface area contributed by atoms with Gasteiger partial charge in [-0.3, -0.25) is 14.5 Å². The number of nitrogens with two attached hydrogens (primary N) is 1. The lowest BCUT2D eigenvalue weighted by molar-refractivity contribution is -0.131. The largest absolute Gasteiger partial charge is 0.489 e. The van der Waals surface area contributed by atoms with Crippen molar-refractivity contribution < 1.29 is 14.3 Å². The quantitative estimate of drug-likeness (QED) is 0.524. The number of benzene rings is 2. The Kier molecular flexibility index (Phi) is 8.27. The van der Waals surface area contributed by atoms with E-state index in [1.807, 2.05) is 54.6 Å². The van der Waals surface area contributed by atoms with Crippen LogP contribution in [0.25, 0.3) is 0 Å². The first-order valence-electron chi connectivity index (χ1n) is 12.9. The van der Waals surface area contributed by atoms with Crippen LogP contribution in [0, 0.1) is 16.7 Å². The minimum Gasteiger partial charge on any atom is -0.489 e. The van der Waals surface area contributed by atoms with Crippen LogP contribution in [-0.4, -0.2) is 35.3 Å². The van der Waals surface area contributed by atoms with Gasteiger partial charge in [-0.2, -0.15) is 5.26 Å². The predicted molar refractivity (Wildman–Crippen MR) is 138 cm³/mol. The zero-order chi connectivity index (χ0) is 25.4. The summed E-state index contributed by atoms with van der Waals surface area (Å²) in [6, 6.07) is 20.4. The third-order valence-electron chi connectivity index (χ3n) is 7.66. The fourth-order valence-electron chi connectivity index (χ4n) is 5.51. The Morgan fingerprint density at radius 3 is 2.50 bits per heavy atom. The maximum Gasteiger partial charge on any atom is 0.223 e. The van der Waals surface area contributed by atoms with Crippen LogP contribution in [0.2, 0.25) is 0 Å². The Bertz CT molecular complexity index is 1090. The smallest absolute Gasteiger partial charge is 0.223 e. The van der Waals surface area contributed by atoms with Gasteiger partial charge in [-0.25, -0.2) is 0 Å². The van der Waals surface area contributed by atoms with Crippen molar-refractivity contribution in [2.45, 2.75) is 70.1 Å². The van der Waals surface area contributed by atoms with Gasteiger partial charge in [0.25, 0.3) is 0 Å². The van der Waals surface area contributed by atoms with Gasteiger partial charge in [0.2, 0.25) is 11.8 Å². The van der Waals surface area contributed by atoms with Gasteiger partial charge in [0.15, 0.2) is 0 Å². The Balaban J connectivity index is 1.29. The van der Waals surface area contributed by atoms with Gasteiger partial charge in [0.1, 0.15) is 17.9 Å². The monoisotopic (exact) mass is 488 g/mol. The van der Waals surface area contributed by atoms with Crippen molar-refractivity contribution >= 4 is 11.8 Å². The van der Waals surface area contributed by atoms with Gasteiger partial charge >= 0.3 is 0 Å². The van der Waals surface area contributed by atoms with Crippen LogP contribution in [-0.2, 0) is 22.7 Å². The molecular formula is C29H36N4O3. The van der Waals surface area contributed by atoms with Crippen LogP contribution < -0.4 is 15.8 Å². The molecule has 2 aromatic rings. The first kappa shape index (κ1) is 25.7. The minimum absolute atomic E-state index is 0.180. The summed E-state index contributed by atoms with van der Waals surface area (Å²) >= 11 is 0. The van der Waals surface area contributed by atoms with E-state index in [9.17, 15) is 14.9 Å². The Morgan fingerprint density at radius 1 is 1.03 bits per heavy atom. The summed E-state index contributed by atoms with van der Waals surface area (Å²) in [5, 5.41) is 12.9. The molecule has 2 fully saturated rings. The number of primary amides is 1. The highest BCUT2D eigenvalue weighted by Gasteiger charge is 2.41. The number of nitriles is 1. The molecule has 2 aromatic carbocycles. The van der Waals surface area contributed by atoms with Crippen molar-refractivity contribution in [3.05, 3.63) is 65.7 Å². The molecule has 0 bridgehead atoms. The maximum atomic E-state index is 12.8. The van der Waals surface area contributed by atoms with Crippen LogP contribution in [0.4, 0.5) is 0 Å².